The number of fused-ring (bicyclic) bond motifs is 1. The Kier molecular flexibility index (Phi) is 6.05. The van der Waals surface area contributed by atoms with Crippen LogP contribution in [0.1, 0.15) is 27.0 Å². The molecule has 0 radical (unpaired) electrons. The van der Waals surface area contributed by atoms with Crippen LogP contribution in [0.5, 0.6) is 0 Å². The topological polar surface area (TPSA) is 65.3 Å². The number of hydrogen-bond acceptors (Lipinski definition) is 7. The quantitative estimate of drug-likeness (QED) is 0.429. The fourth-order valence-electron chi connectivity index (χ4n) is 4.76. The molecule has 184 valence electrons. The van der Waals surface area contributed by atoms with Crippen molar-refractivity contribution in [2.75, 3.05) is 81.7 Å². The van der Waals surface area contributed by atoms with Gasteiger partial charge in [-0.15, -0.1) is 0 Å². The molecule has 1 heterocycles. The number of anilines is 5. The van der Waals surface area contributed by atoms with Crippen LogP contribution in [0.2, 0.25) is 0 Å². The first-order valence-electron chi connectivity index (χ1n) is 11.6. The highest BCUT2D eigenvalue weighted by Crippen LogP contribution is 2.53. The molecule has 1 aliphatic heterocycles. The van der Waals surface area contributed by atoms with Gasteiger partial charge in [-0.25, -0.2) is 4.79 Å². The standard InChI is InChI=1S/C28H35N5O2/c1-30(2)19-10-13-23(25(16-19)32(5)6)28(22-12-9-18(29)15-21(22)27(34)35-28)24-14-11-20(31(3)4)17-26(24)33(7)8/h9-17H,29H2,1-8H3. The second-order valence-corrected chi connectivity index (χ2v) is 9.86. The molecular formula is C28H35N5O2. The first kappa shape index (κ1) is 24.3. The monoisotopic (exact) mass is 473 g/mol. The molecule has 3 aromatic carbocycles. The van der Waals surface area contributed by atoms with Crippen LogP contribution in [-0.4, -0.2) is 62.4 Å². The van der Waals surface area contributed by atoms with Crippen LogP contribution in [0, 0.1) is 0 Å². The molecule has 0 saturated heterocycles. The Morgan fingerprint density at radius 1 is 0.629 bits per heavy atom. The van der Waals surface area contributed by atoms with Gasteiger partial charge in [-0.05, 0) is 36.4 Å². The van der Waals surface area contributed by atoms with Gasteiger partial charge in [0.25, 0.3) is 0 Å². The number of benzene rings is 3. The summed E-state index contributed by atoms with van der Waals surface area (Å²) in [6.45, 7) is 0. The second kappa shape index (κ2) is 8.73. The molecule has 7 heteroatoms. The maximum atomic E-state index is 13.4. The number of nitrogen functional groups attached to an aromatic ring is 1. The Morgan fingerprint density at radius 2 is 1.09 bits per heavy atom. The van der Waals surface area contributed by atoms with Crippen molar-refractivity contribution in [2.24, 2.45) is 0 Å². The van der Waals surface area contributed by atoms with Crippen molar-refractivity contribution in [3.63, 3.8) is 0 Å². The number of rotatable bonds is 6. The first-order valence-corrected chi connectivity index (χ1v) is 11.6. The van der Waals surface area contributed by atoms with E-state index in [1.165, 1.54) is 0 Å². The normalized spacial score (nSPS) is 13.8. The van der Waals surface area contributed by atoms with Gasteiger partial charge >= 0.3 is 5.97 Å². The Hall–Kier alpha value is -3.87. The summed E-state index contributed by atoms with van der Waals surface area (Å²) < 4.78 is 6.45. The van der Waals surface area contributed by atoms with Crippen molar-refractivity contribution in [2.45, 2.75) is 5.60 Å². The van der Waals surface area contributed by atoms with Gasteiger partial charge in [0.05, 0.1) is 5.56 Å². The summed E-state index contributed by atoms with van der Waals surface area (Å²) in [5.74, 6) is -0.380. The lowest BCUT2D eigenvalue weighted by molar-refractivity contribution is 0.0254. The van der Waals surface area contributed by atoms with Crippen LogP contribution in [0.15, 0.2) is 54.6 Å². The molecule has 2 N–H and O–H groups in total. The van der Waals surface area contributed by atoms with Gasteiger partial charge in [-0.3, -0.25) is 0 Å². The molecule has 7 nitrogen and oxygen atoms in total. The minimum Gasteiger partial charge on any atom is -0.440 e. The van der Waals surface area contributed by atoms with Crippen LogP contribution >= 0.6 is 0 Å². The van der Waals surface area contributed by atoms with E-state index in [0.29, 0.717) is 11.3 Å². The minimum absolute atomic E-state index is 0.380. The summed E-state index contributed by atoms with van der Waals surface area (Å²) in [7, 11) is 16.1. The Bertz CT molecular complexity index is 1220. The summed E-state index contributed by atoms with van der Waals surface area (Å²) in [6, 6.07) is 18.0. The number of hydrogen-bond donors (Lipinski definition) is 1. The third-order valence-electron chi connectivity index (χ3n) is 6.61. The number of nitrogens with two attached hydrogens (primary N) is 1. The average Bonchev–Trinajstić information content (AvgIpc) is 3.10. The molecule has 1 aliphatic rings. The molecule has 35 heavy (non-hydrogen) atoms. The van der Waals surface area contributed by atoms with Gasteiger partial charge < -0.3 is 30.1 Å². The first-order chi connectivity index (χ1) is 16.5. The molecule has 0 unspecified atom stereocenters. The molecule has 0 aliphatic carbocycles. The zero-order valence-electron chi connectivity index (χ0n) is 21.9. The van der Waals surface area contributed by atoms with Gasteiger partial charge in [0.15, 0.2) is 5.60 Å². The molecule has 0 atom stereocenters. The third kappa shape index (κ3) is 3.91. The van der Waals surface area contributed by atoms with Gasteiger partial charge in [-0.2, -0.15) is 0 Å². The van der Waals surface area contributed by atoms with Crippen molar-refractivity contribution in [3.05, 3.63) is 76.9 Å². The molecule has 0 bridgehead atoms. The van der Waals surface area contributed by atoms with Gasteiger partial charge in [0, 0.05) is 102 Å². The van der Waals surface area contributed by atoms with E-state index in [4.69, 9.17) is 10.5 Å². The minimum atomic E-state index is -1.14. The fourth-order valence-corrected chi connectivity index (χ4v) is 4.76. The molecule has 0 fully saturated rings. The summed E-state index contributed by atoms with van der Waals surface area (Å²) in [5, 5.41) is 0. The lowest BCUT2D eigenvalue weighted by atomic mass is 9.77. The van der Waals surface area contributed by atoms with E-state index in [9.17, 15) is 4.79 Å². The molecule has 4 rings (SSSR count). The molecule has 0 saturated carbocycles. The number of nitrogens with zero attached hydrogens (tertiary/aromatic N) is 4. The van der Waals surface area contributed by atoms with Crippen molar-refractivity contribution in [1.82, 2.24) is 0 Å². The van der Waals surface area contributed by atoms with Crippen LogP contribution < -0.4 is 25.3 Å². The lowest BCUT2D eigenvalue weighted by Crippen LogP contribution is -2.34. The number of cyclic esters (lactones) is 1. The summed E-state index contributed by atoms with van der Waals surface area (Å²) in [6.07, 6.45) is 0. The van der Waals surface area contributed by atoms with E-state index in [1.807, 2.05) is 68.5 Å². The van der Waals surface area contributed by atoms with Crippen molar-refractivity contribution in [3.8, 4) is 0 Å². The average molecular weight is 474 g/mol. The van der Waals surface area contributed by atoms with Crippen molar-refractivity contribution >= 4 is 34.4 Å². The zero-order chi connectivity index (χ0) is 25.7. The third-order valence-corrected chi connectivity index (χ3v) is 6.61. The highest BCUT2D eigenvalue weighted by molar-refractivity contribution is 5.98. The Morgan fingerprint density at radius 3 is 1.51 bits per heavy atom. The SMILES string of the molecule is CN(C)c1ccc(C2(c3ccc(N(C)C)cc3N(C)C)OC(=O)c3cc(N)ccc32)c(N(C)C)c1. The van der Waals surface area contributed by atoms with Crippen LogP contribution in [0.3, 0.4) is 0 Å². The summed E-state index contributed by atoms with van der Waals surface area (Å²) >= 11 is 0. The number of carbonyl (C=O) groups excluding carboxylic acids is 1. The maximum absolute atomic E-state index is 13.4. The van der Waals surface area contributed by atoms with Crippen LogP contribution in [0.4, 0.5) is 28.4 Å². The molecule has 0 amide bonds. The fraction of sp³-hybridized carbons (Fsp3) is 0.321. The Labute approximate surface area is 208 Å². The largest absolute Gasteiger partial charge is 0.440 e. The van der Waals surface area contributed by atoms with E-state index in [1.54, 1.807) is 6.07 Å². The Balaban J connectivity index is 2.14. The second-order valence-electron chi connectivity index (χ2n) is 9.86. The van der Waals surface area contributed by atoms with E-state index in [-0.39, 0.29) is 5.97 Å². The highest BCUT2D eigenvalue weighted by Gasteiger charge is 2.51. The lowest BCUT2D eigenvalue weighted by Gasteiger charge is -2.37. The predicted molar refractivity (Wildman–Crippen MR) is 146 cm³/mol. The van der Waals surface area contributed by atoms with Crippen molar-refractivity contribution in [1.29, 1.82) is 0 Å². The number of ether oxygens (including phenoxy) is 1. The number of carbonyl (C=O) groups is 1. The molecular weight excluding hydrogens is 438 g/mol. The predicted octanol–water partition coefficient (Wildman–Crippen LogP) is 4.00. The molecule has 0 aromatic heterocycles. The molecule has 0 spiro atoms. The summed E-state index contributed by atoms with van der Waals surface area (Å²) in [5.41, 5.74) is 12.6. The smallest absolute Gasteiger partial charge is 0.340 e. The van der Waals surface area contributed by atoms with Gasteiger partial charge in [0.2, 0.25) is 0 Å². The van der Waals surface area contributed by atoms with E-state index < -0.39 is 5.60 Å². The van der Waals surface area contributed by atoms with Crippen LogP contribution in [-0.2, 0) is 10.3 Å². The van der Waals surface area contributed by atoms with Crippen LogP contribution in [0.25, 0.3) is 0 Å². The summed E-state index contributed by atoms with van der Waals surface area (Å²) in [4.78, 5) is 21.6. The zero-order valence-corrected chi connectivity index (χ0v) is 21.9. The van der Waals surface area contributed by atoms with Gasteiger partial charge in [-0.1, -0.05) is 18.2 Å². The van der Waals surface area contributed by atoms with E-state index >= 15 is 0 Å². The maximum Gasteiger partial charge on any atom is 0.340 e. The number of esters is 1. The van der Waals surface area contributed by atoms with Gasteiger partial charge in [0.1, 0.15) is 0 Å². The highest BCUT2D eigenvalue weighted by atomic mass is 16.6. The van der Waals surface area contributed by atoms with E-state index in [2.05, 4.69) is 56.0 Å². The van der Waals surface area contributed by atoms with Crippen molar-refractivity contribution < 1.29 is 9.53 Å². The molecule has 3 aromatic rings. The van der Waals surface area contributed by atoms with E-state index in [0.717, 1.165) is 39.4 Å².